The van der Waals surface area contributed by atoms with E-state index in [2.05, 4.69) is 4.52 Å². The zero-order chi connectivity index (χ0) is 11.8. The van der Waals surface area contributed by atoms with Crippen LogP contribution >= 0.6 is 7.82 Å². The van der Waals surface area contributed by atoms with Crippen LogP contribution < -0.4 is 5.73 Å². The average molecular weight is 243 g/mol. The number of hydrogen-bond donors (Lipinski definition) is 5. The van der Waals surface area contributed by atoms with Gasteiger partial charge in [0.05, 0.1) is 12.1 Å². The summed E-state index contributed by atoms with van der Waals surface area (Å²) in [6.45, 7) is 1.50. The third kappa shape index (κ3) is 3.20. The molecule has 0 saturated carbocycles. The van der Waals surface area contributed by atoms with Gasteiger partial charge in [0.15, 0.2) is 6.29 Å². The Labute approximate surface area is 85.9 Å². The molecule has 1 rings (SSSR count). The number of phosphoric ester groups is 1. The molecule has 0 radical (unpaired) electrons. The minimum Gasteiger partial charge on any atom is -0.388 e. The first-order valence-corrected chi connectivity index (χ1v) is 5.76. The molecule has 8 nitrogen and oxygen atoms in total. The Kier molecular flexibility index (Phi) is 3.85. The van der Waals surface area contributed by atoms with E-state index in [1.807, 2.05) is 0 Å². The van der Waals surface area contributed by atoms with Crippen LogP contribution in [0.15, 0.2) is 0 Å². The third-order valence-corrected chi connectivity index (χ3v) is 2.64. The van der Waals surface area contributed by atoms with E-state index >= 15 is 0 Å². The van der Waals surface area contributed by atoms with Gasteiger partial charge < -0.3 is 30.5 Å². The number of aliphatic hydroxyl groups is 2. The van der Waals surface area contributed by atoms with Gasteiger partial charge in [-0.05, 0) is 6.92 Å². The summed E-state index contributed by atoms with van der Waals surface area (Å²) < 4.78 is 19.6. The molecule has 1 aliphatic rings. The van der Waals surface area contributed by atoms with E-state index in [4.69, 9.17) is 20.3 Å². The Bertz CT molecular complexity index is 268. The molecule has 9 heteroatoms. The fraction of sp³-hybridized carbons (Fsp3) is 1.00. The minimum atomic E-state index is -4.78. The number of phosphoric acid groups is 1. The van der Waals surface area contributed by atoms with Crippen LogP contribution in [-0.2, 0) is 13.8 Å². The Morgan fingerprint density at radius 3 is 2.33 bits per heavy atom. The molecule has 6 N–H and O–H groups in total. The van der Waals surface area contributed by atoms with E-state index in [9.17, 15) is 14.8 Å². The van der Waals surface area contributed by atoms with Crippen LogP contribution in [-0.4, -0.2) is 50.6 Å². The molecule has 1 saturated heterocycles. The normalized spacial score (nSPS) is 42.9. The van der Waals surface area contributed by atoms with Crippen molar-refractivity contribution in [1.29, 1.82) is 0 Å². The van der Waals surface area contributed by atoms with Crippen molar-refractivity contribution in [1.82, 2.24) is 0 Å². The van der Waals surface area contributed by atoms with Crippen LogP contribution in [0.25, 0.3) is 0 Å². The number of aliphatic hydroxyl groups excluding tert-OH is 2. The van der Waals surface area contributed by atoms with Crippen LogP contribution in [0, 0.1) is 0 Å². The number of rotatable bonds is 2. The van der Waals surface area contributed by atoms with E-state index in [1.165, 1.54) is 6.92 Å². The van der Waals surface area contributed by atoms with Crippen molar-refractivity contribution in [2.45, 2.75) is 37.6 Å². The van der Waals surface area contributed by atoms with Gasteiger partial charge in [0.25, 0.3) is 0 Å². The molecule has 5 atom stereocenters. The molecule has 90 valence electrons. The fourth-order valence-corrected chi connectivity index (χ4v) is 1.72. The summed E-state index contributed by atoms with van der Waals surface area (Å²) in [4.78, 5) is 17.0. The zero-order valence-corrected chi connectivity index (χ0v) is 8.82. The number of nitrogens with two attached hydrogens (primary N) is 1. The van der Waals surface area contributed by atoms with Gasteiger partial charge in [-0.2, -0.15) is 0 Å². The fourth-order valence-electron chi connectivity index (χ4n) is 1.27. The maximum atomic E-state index is 10.5. The van der Waals surface area contributed by atoms with Crippen molar-refractivity contribution in [2.75, 3.05) is 0 Å². The van der Waals surface area contributed by atoms with Gasteiger partial charge in [0.1, 0.15) is 12.2 Å². The second-order valence-electron chi connectivity index (χ2n) is 3.36. The monoisotopic (exact) mass is 243 g/mol. The number of ether oxygens (including phenoxy) is 1. The van der Waals surface area contributed by atoms with Crippen molar-refractivity contribution in [3.8, 4) is 0 Å². The lowest BCUT2D eigenvalue weighted by molar-refractivity contribution is -0.242. The van der Waals surface area contributed by atoms with Gasteiger partial charge in [0.2, 0.25) is 0 Å². The molecular weight excluding hydrogens is 229 g/mol. The lowest BCUT2D eigenvalue weighted by Crippen LogP contribution is -2.60. The third-order valence-electron chi connectivity index (χ3n) is 2.16. The van der Waals surface area contributed by atoms with Crippen LogP contribution in [0.4, 0.5) is 0 Å². The molecule has 0 aliphatic carbocycles. The second-order valence-corrected chi connectivity index (χ2v) is 4.56. The summed E-state index contributed by atoms with van der Waals surface area (Å²) in [5, 5.41) is 18.8. The van der Waals surface area contributed by atoms with Crippen LogP contribution in [0.3, 0.4) is 0 Å². The van der Waals surface area contributed by atoms with E-state index in [0.717, 1.165) is 0 Å². The molecule has 0 amide bonds. The Morgan fingerprint density at radius 1 is 1.33 bits per heavy atom. The first-order chi connectivity index (χ1) is 6.72. The topological polar surface area (TPSA) is 142 Å². The molecule has 1 aliphatic heterocycles. The van der Waals surface area contributed by atoms with Crippen LogP contribution in [0.5, 0.6) is 0 Å². The van der Waals surface area contributed by atoms with Crippen LogP contribution in [0.1, 0.15) is 6.92 Å². The summed E-state index contributed by atoms with van der Waals surface area (Å²) in [5.74, 6) is 0. The largest absolute Gasteiger partial charge is 0.472 e. The number of hydrogen-bond acceptors (Lipinski definition) is 6. The summed E-state index contributed by atoms with van der Waals surface area (Å²) in [7, 11) is -4.78. The predicted octanol–water partition coefficient (Wildman–Crippen LogP) is -2.11. The summed E-state index contributed by atoms with van der Waals surface area (Å²) >= 11 is 0. The maximum Gasteiger partial charge on any atom is 0.472 e. The summed E-state index contributed by atoms with van der Waals surface area (Å²) in [6, 6.07) is -0.836. The maximum absolute atomic E-state index is 10.5. The molecule has 0 unspecified atom stereocenters. The highest BCUT2D eigenvalue weighted by Gasteiger charge is 2.43. The van der Waals surface area contributed by atoms with Crippen molar-refractivity contribution in [2.24, 2.45) is 5.73 Å². The summed E-state index contributed by atoms with van der Waals surface area (Å²) in [5.41, 5.74) is 5.45. The minimum absolute atomic E-state index is 0.681. The van der Waals surface area contributed by atoms with Crippen molar-refractivity contribution >= 4 is 7.82 Å². The first-order valence-electron chi connectivity index (χ1n) is 4.23. The summed E-state index contributed by atoms with van der Waals surface area (Å²) in [6.07, 6.45) is -5.22. The second kappa shape index (κ2) is 4.44. The van der Waals surface area contributed by atoms with E-state index < -0.39 is 38.5 Å². The highest BCUT2D eigenvalue weighted by molar-refractivity contribution is 7.46. The molecular formula is C6H14NO7P. The van der Waals surface area contributed by atoms with E-state index in [1.54, 1.807) is 0 Å². The Morgan fingerprint density at radius 2 is 1.87 bits per heavy atom. The lowest BCUT2D eigenvalue weighted by Gasteiger charge is -2.39. The SMILES string of the molecule is C[C@H]1O[C@H](OP(=O)(O)O)[C@H](O)[C@@H](O)[C@@H]1N. The van der Waals surface area contributed by atoms with Gasteiger partial charge in [-0.15, -0.1) is 0 Å². The average Bonchev–Trinajstić information content (AvgIpc) is 2.08. The van der Waals surface area contributed by atoms with Crippen molar-refractivity contribution < 1.29 is 33.8 Å². The highest BCUT2D eigenvalue weighted by atomic mass is 31.2. The molecule has 15 heavy (non-hydrogen) atoms. The van der Waals surface area contributed by atoms with Gasteiger partial charge in [-0.3, -0.25) is 4.52 Å². The molecule has 0 bridgehead atoms. The molecule has 0 aromatic heterocycles. The zero-order valence-electron chi connectivity index (χ0n) is 7.92. The molecule has 0 aromatic rings. The highest BCUT2D eigenvalue weighted by Crippen LogP contribution is 2.40. The lowest BCUT2D eigenvalue weighted by atomic mass is 9.98. The van der Waals surface area contributed by atoms with E-state index in [-0.39, 0.29) is 0 Å². The standard InChI is InChI=1S/C6H14NO7P/c1-2-3(7)4(8)5(9)6(13-2)14-15(10,11)12/h2-6,8-9H,7H2,1H3,(H2,10,11,12)/t2-,3-,4+,5-,6-/m1/s1. The van der Waals surface area contributed by atoms with E-state index in [0.29, 0.717) is 0 Å². The predicted molar refractivity (Wildman–Crippen MR) is 47.5 cm³/mol. The Balaban J connectivity index is 2.71. The van der Waals surface area contributed by atoms with Gasteiger partial charge in [-0.1, -0.05) is 0 Å². The molecule has 1 heterocycles. The van der Waals surface area contributed by atoms with Crippen LogP contribution in [0.2, 0.25) is 0 Å². The molecule has 0 aromatic carbocycles. The van der Waals surface area contributed by atoms with Gasteiger partial charge in [-0.25, -0.2) is 4.57 Å². The molecule has 1 fully saturated rings. The smallest absolute Gasteiger partial charge is 0.388 e. The Hall–Kier alpha value is -0.0500. The van der Waals surface area contributed by atoms with Gasteiger partial charge in [0, 0.05) is 0 Å². The quantitative estimate of drug-likeness (QED) is 0.347. The molecule has 0 spiro atoms. The van der Waals surface area contributed by atoms with Crippen molar-refractivity contribution in [3.63, 3.8) is 0 Å². The van der Waals surface area contributed by atoms with Crippen molar-refractivity contribution in [3.05, 3.63) is 0 Å². The first kappa shape index (κ1) is 13.0. The van der Waals surface area contributed by atoms with Gasteiger partial charge >= 0.3 is 7.82 Å².